The molecule has 1 aromatic rings. The number of hydrogen-bond acceptors (Lipinski definition) is 3. The van der Waals surface area contributed by atoms with Crippen LogP contribution in [0.4, 0.5) is 0 Å². The molecule has 0 radical (unpaired) electrons. The number of ether oxygens (including phenoxy) is 1. The molecule has 0 atom stereocenters. The third-order valence-electron chi connectivity index (χ3n) is 2.58. The fourth-order valence-corrected chi connectivity index (χ4v) is 1.46. The van der Waals surface area contributed by atoms with Crippen molar-refractivity contribution in [3.8, 4) is 0 Å². The van der Waals surface area contributed by atoms with Crippen molar-refractivity contribution in [2.24, 2.45) is 5.92 Å². The molecule has 1 fully saturated rings. The second-order valence-electron chi connectivity index (χ2n) is 3.85. The van der Waals surface area contributed by atoms with E-state index in [2.05, 4.69) is 0 Å². The maximum absolute atomic E-state index is 10.7. The predicted octanol–water partition coefficient (Wildman–Crippen LogP) is 2.29. The largest absolute Gasteiger partial charge is 0.478 e. The summed E-state index contributed by atoms with van der Waals surface area (Å²) in [5.74, 6) is 0.267. The Morgan fingerprint density at radius 3 is 3.07 bits per heavy atom. The van der Waals surface area contributed by atoms with E-state index < -0.39 is 5.97 Å². The van der Waals surface area contributed by atoms with E-state index in [-0.39, 0.29) is 12.2 Å². The average Bonchev–Trinajstić information content (AvgIpc) is 2.90. The number of aromatic carboxylic acids is 1. The standard InChI is InChI=1S/C11H14O4/c12-11(13)9-4-6-15-10(9)7-14-5-3-8-1-2-8/h4,6,8H,1-3,5,7H2,(H,12,13). The molecule has 0 aromatic carbocycles. The van der Waals surface area contributed by atoms with Gasteiger partial charge in [0.15, 0.2) is 0 Å². The highest BCUT2D eigenvalue weighted by Gasteiger charge is 2.20. The summed E-state index contributed by atoms with van der Waals surface area (Å²) < 4.78 is 10.4. The van der Waals surface area contributed by atoms with Crippen molar-refractivity contribution in [3.63, 3.8) is 0 Å². The molecule has 2 rings (SSSR count). The molecule has 4 nitrogen and oxygen atoms in total. The topological polar surface area (TPSA) is 59.7 Å². The third-order valence-corrected chi connectivity index (χ3v) is 2.58. The molecule has 0 amide bonds. The van der Waals surface area contributed by atoms with E-state index in [1.807, 2.05) is 0 Å². The van der Waals surface area contributed by atoms with Gasteiger partial charge in [0.25, 0.3) is 0 Å². The molecule has 1 N–H and O–H groups in total. The zero-order valence-electron chi connectivity index (χ0n) is 8.44. The van der Waals surface area contributed by atoms with Gasteiger partial charge in [-0.1, -0.05) is 12.8 Å². The van der Waals surface area contributed by atoms with Crippen LogP contribution in [0.25, 0.3) is 0 Å². The highest BCUT2D eigenvalue weighted by molar-refractivity contribution is 5.88. The lowest BCUT2D eigenvalue weighted by atomic mass is 10.2. The van der Waals surface area contributed by atoms with Gasteiger partial charge in [-0.3, -0.25) is 0 Å². The zero-order valence-corrected chi connectivity index (χ0v) is 8.44. The van der Waals surface area contributed by atoms with E-state index in [0.29, 0.717) is 12.4 Å². The lowest BCUT2D eigenvalue weighted by molar-refractivity contribution is 0.0677. The van der Waals surface area contributed by atoms with E-state index in [4.69, 9.17) is 14.3 Å². The summed E-state index contributed by atoms with van der Waals surface area (Å²) in [7, 11) is 0. The predicted molar refractivity (Wildman–Crippen MR) is 52.7 cm³/mol. The Kier molecular flexibility index (Phi) is 3.06. The number of carbonyl (C=O) groups is 1. The van der Waals surface area contributed by atoms with Crippen LogP contribution in [-0.2, 0) is 11.3 Å². The first-order valence-corrected chi connectivity index (χ1v) is 5.15. The van der Waals surface area contributed by atoms with Crippen molar-refractivity contribution < 1.29 is 19.1 Å². The van der Waals surface area contributed by atoms with Gasteiger partial charge in [0.05, 0.1) is 6.26 Å². The molecule has 0 spiro atoms. The SMILES string of the molecule is O=C(O)c1ccoc1COCCC1CC1. The Bertz CT molecular complexity index is 338. The van der Waals surface area contributed by atoms with Crippen LogP contribution in [0.3, 0.4) is 0 Å². The summed E-state index contributed by atoms with van der Waals surface area (Å²) in [6.45, 7) is 0.936. The van der Waals surface area contributed by atoms with Gasteiger partial charge in [-0.15, -0.1) is 0 Å². The van der Waals surface area contributed by atoms with E-state index in [0.717, 1.165) is 12.3 Å². The number of furan rings is 1. The van der Waals surface area contributed by atoms with Gasteiger partial charge in [0.1, 0.15) is 17.9 Å². The molecule has 1 heterocycles. The molecule has 1 aliphatic rings. The molecule has 1 saturated carbocycles. The van der Waals surface area contributed by atoms with Crippen molar-refractivity contribution in [2.45, 2.75) is 25.9 Å². The van der Waals surface area contributed by atoms with Gasteiger partial charge >= 0.3 is 5.97 Å². The van der Waals surface area contributed by atoms with Crippen LogP contribution in [-0.4, -0.2) is 17.7 Å². The van der Waals surface area contributed by atoms with Crippen LogP contribution in [0.15, 0.2) is 16.7 Å². The second-order valence-corrected chi connectivity index (χ2v) is 3.85. The van der Waals surface area contributed by atoms with E-state index in [9.17, 15) is 4.79 Å². The molecule has 0 unspecified atom stereocenters. The molecular formula is C11H14O4. The molecule has 1 aromatic heterocycles. The number of carboxylic acids is 1. The highest BCUT2D eigenvalue weighted by Crippen LogP contribution is 2.32. The van der Waals surface area contributed by atoms with Gasteiger partial charge in [-0.05, 0) is 18.4 Å². The zero-order chi connectivity index (χ0) is 10.7. The fourth-order valence-electron chi connectivity index (χ4n) is 1.46. The van der Waals surface area contributed by atoms with Gasteiger partial charge in [-0.25, -0.2) is 4.79 Å². The van der Waals surface area contributed by atoms with Crippen molar-refractivity contribution in [1.82, 2.24) is 0 Å². The lowest BCUT2D eigenvalue weighted by Crippen LogP contribution is -2.02. The third kappa shape index (κ3) is 2.83. The quantitative estimate of drug-likeness (QED) is 0.732. The van der Waals surface area contributed by atoms with E-state index >= 15 is 0 Å². The van der Waals surface area contributed by atoms with Crippen LogP contribution in [0.1, 0.15) is 35.4 Å². The summed E-state index contributed by atoms with van der Waals surface area (Å²) in [6, 6.07) is 1.45. The molecule has 4 heteroatoms. The van der Waals surface area contributed by atoms with Gasteiger partial charge < -0.3 is 14.3 Å². The molecule has 0 bridgehead atoms. The van der Waals surface area contributed by atoms with Crippen molar-refractivity contribution in [3.05, 3.63) is 23.7 Å². The van der Waals surface area contributed by atoms with Gasteiger partial charge in [0.2, 0.25) is 0 Å². The first-order chi connectivity index (χ1) is 7.27. The summed E-state index contributed by atoms with van der Waals surface area (Å²) in [6.07, 6.45) is 5.07. The maximum Gasteiger partial charge on any atom is 0.339 e. The van der Waals surface area contributed by atoms with E-state index in [1.54, 1.807) is 0 Å². The van der Waals surface area contributed by atoms with Crippen LogP contribution < -0.4 is 0 Å². The smallest absolute Gasteiger partial charge is 0.339 e. The molecule has 0 aliphatic heterocycles. The van der Waals surface area contributed by atoms with Gasteiger partial charge in [-0.2, -0.15) is 0 Å². The van der Waals surface area contributed by atoms with Crippen LogP contribution in [0.2, 0.25) is 0 Å². The lowest BCUT2D eigenvalue weighted by Gasteiger charge is -2.01. The summed E-state index contributed by atoms with van der Waals surface area (Å²) >= 11 is 0. The van der Waals surface area contributed by atoms with Gasteiger partial charge in [0, 0.05) is 6.61 Å². The number of hydrogen-bond donors (Lipinski definition) is 1. The Labute approximate surface area is 87.8 Å². The van der Waals surface area contributed by atoms with Crippen molar-refractivity contribution in [2.75, 3.05) is 6.61 Å². The first-order valence-electron chi connectivity index (χ1n) is 5.15. The van der Waals surface area contributed by atoms with E-state index in [1.165, 1.54) is 25.2 Å². The minimum Gasteiger partial charge on any atom is -0.478 e. The minimum atomic E-state index is -0.968. The van der Waals surface area contributed by atoms with Crippen molar-refractivity contribution >= 4 is 5.97 Å². The Hall–Kier alpha value is -1.29. The molecule has 0 saturated heterocycles. The maximum atomic E-state index is 10.7. The fraction of sp³-hybridized carbons (Fsp3) is 0.545. The summed E-state index contributed by atoms with van der Waals surface area (Å²) in [4.78, 5) is 10.7. The summed E-state index contributed by atoms with van der Waals surface area (Å²) in [5, 5.41) is 8.79. The van der Waals surface area contributed by atoms with Crippen molar-refractivity contribution in [1.29, 1.82) is 0 Å². The minimum absolute atomic E-state index is 0.196. The Balaban J connectivity index is 1.76. The molecule has 1 aliphatic carbocycles. The molecule has 15 heavy (non-hydrogen) atoms. The normalized spacial score (nSPS) is 15.5. The first kappa shape index (κ1) is 10.2. The highest BCUT2D eigenvalue weighted by atomic mass is 16.5. The molecular weight excluding hydrogens is 196 g/mol. The Morgan fingerprint density at radius 2 is 2.40 bits per heavy atom. The van der Waals surface area contributed by atoms with Crippen LogP contribution in [0, 0.1) is 5.92 Å². The second kappa shape index (κ2) is 4.49. The van der Waals surface area contributed by atoms with Crippen LogP contribution >= 0.6 is 0 Å². The number of rotatable bonds is 6. The average molecular weight is 210 g/mol. The monoisotopic (exact) mass is 210 g/mol. The van der Waals surface area contributed by atoms with Crippen LogP contribution in [0.5, 0.6) is 0 Å². The summed E-state index contributed by atoms with van der Waals surface area (Å²) in [5.41, 5.74) is 0.196. The molecule has 82 valence electrons. The Morgan fingerprint density at radius 1 is 1.60 bits per heavy atom. The number of carboxylic acid groups (broad SMARTS) is 1.